The van der Waals surface area contributed by atoms with Gasteiger partial charge in [-0.3, -0.25) is 9.59 Å². The van der Waals surface area contributed by atoms with Crippen molar-refractivity contribution in [3.63, 3.8) is 0 Å². The predicted octanol–water partition coefficient (Wildman–Crippen LogP) is 2.97. The first-order valence-corrected chi connectivity index (χ1v) is 9.98. The molecule has 2 aromatic rings. The van der Waals surface area contributed by atoms with Gasteiger partial charge in [0.2, 0.25) is 11.9 Å². The molecule has 0 spiro atoms. The van der Waals surface area contributed by atoms with E-state index in [9.17, 15) is 9.59 Å². The second-order valence-corrected chi connectivity index (χ2v) is 7.57. The Morgan fingerprint density at radius 3 is 2.70 bits per heavy atom. The van der Waals surface area contributed by atoms with Gasteiger partial charge in [-0.2, -0.15) is 5.26 Å². The van der Waals surface area contributed by atoms with Gasteiger partial charge in [0, 0.05) is 48.6 Å². The summed E-state index contributed by atoms with van der Waals surface area (Å²) in [4.78, 5) is 35.5. The Kier molecular flexibility index (Phi) is 6.31. The largest absolute Gasteiger partial charge is 0.351 e. The number of benzene rings is 1. The lowest BCUT2D eigenvalue weighted by atomic mass is 9.82. The van der Waals surface area contributed by atoms with Crippen LogP contribution in [0.2, 0.25) is 0 Å². The summed E-state index contributed by atoms with van der Waals surface area (Å²) in [7, 11) is 0. The number of nitrogens with one attached hydrogen (secondary N) is 2. The van der Waals surface area contributed by atoms with Gasteiger partial charge in [-0.1, -0.05) is 6.92 Å². The molecule has 3 unspecified atom stereocenters. The number of anilines is 2. The Balaban J connectivity index is 2.02. The quantitative estimate of drug-likeness (QED) is 0.739. The highest BCUT2D eigenvalue weighted by atomic mass is 16.2. The summed E-state index contributed by atoms with van der Waals surface area (Å²) in [5, 5.41) is 14.8. The molecule has 0 saturated heterocycles. The van der Waals surface area contributed by atoms with Gasteiger partial charge in [-0.15, -0.1) is 0 Å². The van der Waals surface area contributed by atoms with Crippen molar-refractivity contribution < 1.29 is 9.59 Å². The number of nitriles is 1. The van der Waals surface area contributed by atoms with Crippen LogP contribution in [0.4, 0.5) is 11.6 Å². The molecular formula is C22H26N6O2. The number of amides is 2. The molecule has 1 aliphatic heterocycles. The molecule has 1 aromatic heterocycles. The lowest BCUT2D eigenvalue weighted by Gasteiger charge is -2.44. The third kappa shape index (κ3) is 4.25. The normalized spacial score (nSPS) is 20.1. The first-order chi connectivity index (χ1) is 14.3. The third-order valence-corrected chi connectivity index (χ3v) is 5.52. The smallest absolute Gasteiger partial charge is 0.251 e. The number of rotatable bonds is 5. The van der Waals surface area contributed by atoms with Crippen LogP contribution in [-0.4, -0.2) is 34.4 Å². The second kappa shape index (κ2) is 8.91. The number of aromatic nitrogens is 2. The summed E-state index contributed by atoms with van der Waals surface area (Å²) in [6.07, 6.45) is 1.95. The standard InChI is InChI=1S/C22H26N6O2/c1-13-8-11-25-22(26-13)27-20-14(2)15(3)28(16(4)29)19-7-6-17(12-18(19)20)21(30)24-10-5-9-23/h6-8,11-12,14-15,20H,5,10H2,1-4H3,(H,24,30)(H,25,26,27). The SMILES string of the molecule is CC(=O)N1c2ccc(C(=O)NCCC#N)cc2C(Nc2nccc(C)n2)C(C)C1C. The average Bonchev–Trinajstić information content (AvgIpc) is 2.71. The van der Waals surface area contributed by atoms with Gasteiger partial charge in [-0.25, -0.2) is 9.97 Å². The maximum atomic E-state index is 12.5. The minimum Gasteiger partial charge on any atom is -0.351 e. The number of carbonyl (C=O) groups excluding carboxylic acids is 2. The van der Waals surface area contributed by atoms with Crippen molar-refractivity contribution in [2.45, 2.75) is 46.2 Å². The first kappa shape index (κ1) is 21.2. The summed E-state index contributed by atoms with van der Waals surface area (Å²) >= 11 is 0. The zero-order chi connectivity index (χ0) is 21.8. The Labute approximate surface area is 176 Å². The predicted molar refractivity (Wildman–Crippen MR) is 114 cm³/mol. The molecule has 1 aromatic carbocycles. The van der Waals surface area contributed by atoms with Gasteiger partial charge in [0.05, 0.1) is 18.5 Å². The van der Waals surface area contributed by atoms with Crippen molar-refractivity contribution in [3.8, 4) is 6.07 Å². The summed E-state index contributed by atoms with van der Waals surface area (Å²) in [5.74, 6) is 0.249. The lowest BCUT2D eigenvalue weighted by Crippen LogP contribution is -2.48. The molecule has 0 aliphatic carbocycles. The molecule has 30 heavy (non-hydrogen) atoms. The molecule has 2 amide bonds. The van der Waals surface area contributed by atoms with Crippen molar-refractivity contribution in [2.24, 2.45) is 5.92 Å². The molecule has 8 nitrogen and oxygen atoms in total. The van der Waals surface area contributed by atoms with Crippen molar-refractivity contribution in [2.75, 3.05) is 16.8 Å². The van der Waals surface area contributed by atoms with Gasteiger partial charge >= 0.3 is 0 Å². The van der Waals surface area contributed by atoms with Crippen LogP contribution in [0.5, 0.6) is 0 Å². The van der Waals surface area contributed by atoms with Crippen LogP contribution in [0.1, 0.15) is 54.8 Å². The number of aryl methyl sites for hydroxylation is 1. The Morgan fingerprint density at radius 2 is 2.03 bits per heavy atom. The highest BCUT2D eigenvalue weighted by Crippen LogP contribution is 2.42. The van der Waals surface area contributed by atoms with E-state index in [1.165, 1.54) is 0 Å². The van der Waals surface area contributed by atoms with E-state index < -0.39 is 0 Å². The topological polar surface area (TPSA) is 111 Å². The van der Waals surface area contributed by atoms with Gasteiger partial charge in [-0.05, 0) is 43.7 Å². The zero-order valence-electron chi connectivity index (χ0n) is 17.6. The highest BCUT2D eigenvalue weighted by molar-refractivity contribution is 5.98. The van der Waals surface area contributed by atoms with Crippen molar-refractivity contribution in [1.82, 2.24) is 15.3 Å². The fourth-order valence-electron chi connectivity index (χ4n) is 3.84. The molecule has 1 aliphatic rings. The lowest BCUT2D eigenvalue weighted by molar-refractivity contribution is -0.117. The highest BCUT2D eigenvalue weighted by Gasteiger charge is 2.38. The molecule has 156 valence electrons. The van der Waals surface area contributed by atoms with Crippen LogP contribution in [0.15, 0.2) is 30.5 Å². The molecule has 0 bridgehead atoms. The molecule has 0 saturated carbocycles. The molecule has 3 rings (SSSR count). The molecule has 0 fully saturated rings. The third-order valence-electron chi connectivity index (χ3n) is 5.52. The zero-order valence-corrected chi connectivity index (χ0v) is 17.6. The first-order valence-electron chi connectivity index (χ1n) is 9.98. The summed E-state index contributed by atoms with van der Waals surface area (Å²) in [5.41, 5.74) is 2.94. The molecule has 3 atom stereocenters. The van der Waals surface area contributed by atoms with Gasteiger partial charge < -0.3 is 15.5 Å². The van der Waals surface area contributed by atoms with Crippen molar-refractivity contribution in [3.05, 3.63) is 47.3 Å². The molecule has 0 radical (unpaired) electrons. The van der Waals surface area contributed by atoms with E-state index in [0.29, 0.717) is 11.5 Å². The summed E-state index contributed by atoms with van der Waals surface area (Å²) < 4.78 is 0. The summed E-state index contributed by atoms with van der Waals surface area (Å²) in [6.45, 7) is 7.82. The monoisotopic (exact) mass is 406 g/mol. The fraction of sp³-hybridized carbons (Fsp3) is 0.409. The Morgan fingerprint density at radius 1 is 1.27 bits per heavy atom. The van der Waals surface area contributed by atoms with Crippen molar-refractivity contribution >= 4 is 23.5 Å². The maximum absolute atomic E-state index is 12.5. The van der Waals surface area contributed by atoms with E-state index in [1.807, 2.05) is 38.1 Å². The molecule has 2 N–H and O–H groups in total. The van der Waals surface area contributed by atoms with Crippen LogP contribution in [0.25, 0.3) is 0 Å². The van der Waals surface area contributed by atoms with Gasteiger partial charge in [0.25, 0.3) is 5.91 Å². The van der Waals surface area contributed by atoms with E-state index in [2.05, 4.69) is 27.5 Å². The van der Waals surface area contributed by atoms with Crippen LogP contribution in [0.3, 0.4) is 0 Å². The molecule has 2 heterocycles. The summed E-state index contributed by atoms with van der Waals surface area (Å²) in [6, 6.07) is 8.93. The minimum atomic E-state index is -0.251. The minimum absolute atomic E-state index is 0.0439. The van der Waals surface area contributed by atoms with Crippen LogP contribution < -0.4 is 15.5 Å². The molecular weight excluding hydrogens is 380 g/mol. The average molecular weight is 406 g/mol. The maximum Gasteiger partial charge on any atom is 0.251 e. The van der Waals surface area contributed by atoms with Crippen LogP contribution >= 0.6 is 0 Å². The Hall–Kier alpha value is -3.47. The van der Waals surface area contributed by atoms with E-state index in [0.717, 1.165) is 16.9 Å². The number of hydrogen-bond donors (Lipinski definition) is 2. The number of hydrogen-bond acceptors (Lipinski definition) is 6. The molecule has 8 heteroatoms. The Bertz CT molecular complexity index is 999. The fourth-order valence-corrected chi connectivity index (χ4v) is 3.84. The van der Waals surface area contributed by atoms with Crippen molar-refractivity contribution in [1.29, 1.82) is 5.26 Å². The number of carbonyl (C=O) groups is 2. The van der Waals surface area contributed by atoms with E-state index in [4.69, 9.17) is 5.26 Å². The number of fused-ring (bicyclic) bond motifs is 1. The second-order valence-electron chi connectivity index (χ2n) is 7.57. The van der Waals surface area contributed by atoms with E-state index in [-0.39, 0.29) is 42.8 Å². The van der Waals surface area contributed by atoms with Crippen LogP contribution in [-0.2, 0) is 4.79 Å². The van der Waals surface area contributed by atoms with Crippen LogP contribution in [0, 0.1) is 24.2 Å². The number of nitrogens with zero attached hydrogens (tertiary/aromatic N) is 4. The van der Waals surface area contributed by atoms with Gasteiger partial charge in [0.1, 0.15) is 0 Å². The van der Waals surface area contributed by atoms with Gasteiger partial charge in [0.15, 0.2) is 0 Å². The van der Waals surface area contributed by atoms with E-state index in [1.54, 1.807) is 24.1 Å². The van der Waals surface area contributed by atoms with E-state index >= 15 is 0 Å².